The van der Waals surface area contributed by atoms with Crippen molar-refractivity contribution in [1.82, 2.24) is 9.62 Å². The Balaban J connectivity index is 0.00000261. The van der Waals surface area contributed by atoms with Crippen LogP contribution in [0.4, 0.5) is 0 Å². The lowest BCUT2D eigenvalue weighted by Crippen LogP contribution is -2.48. The van der Waals surface area contributed by atoms with E-state index in [0.717, 1.165) is 17.5 Å². The smallest absolute Gasteiger partial charge is 0.218 e. The van der Waals surface area contributed by atoms with E-state index >= 15 is 0 Å². The lowest BCUT2D eigenvalue weighted by atomic mass is 10.0. The van der Waals surface area contributed by atoms with Gasteiger partial charge in [0, 0.05) is 19.6 Å². The van der Waals surface area contributed by atoms with Gasteiger partial charge in [-0.2, -0.15) is 4.31 Å². The standard InChI is InChI=1S/C20H26N2O3S.ClH/c1-3-16-7-9-18(10-8-16)20-14-21-11-12-22(20)26(23,24)15-17-5-4-6-19(13-17)25-2;/h4-10,13,20-21H,3,11-12,14-15H2,1-2H3;1H. The maximum absolute atomic E-state index is 13.1. The van der Waals surface area contributed by atoms with Gasteiger partial charge in [0.15, 0.2) is 0 Å². The third-order valence-corrected chi connectivity index (χ3v) is 6.66. The number of piperazine rings is 1. The molecular formula is C20H27ClN2O3S. The molecule has 1 aliphatic rings. The number of halogens is 1. The molecule has 0 radical (unpaired) electrons. The van der Waals surface area contributed by atoms with Crippen LogP contribution in [0.3, 0.4) is 0 Å². The van der Waals surface area contributed by atoms with Crippen molar-refractivity contribution in [3.8, 4) is 5.75 Å². The van der Waals surface area contributed by atoms with E-state index in [0.29, 0.717) is 25.4 Å². The number of ether oxygens (including phenoxy) is 1. The summed E-state index contributed by atoms with van der Waals surface area (Å²) in [6, 6.07) is 15.3. The van der Waals surface area contributed by atoms with Crippen molar-refractivity contribution in [3.05, 3.63) is 65.2 Å². The number of aryl methyl sites for hydroxylation is 1. The zero-order valence-corrected chi connectivity index (χ0v) is 17.4. The Hall–Kier alpha value is -1.60. The molecule has 5 nitrogen and oxygen atoms in total. The topological polar surface area (TPSA) is 58.6 Å². The first kappa shape index (κ1) is 21.7. The Kier molecular flexibility index (Phi) is 7.68. The molecule has 0 aliphatic carbocycles. The summed E-state index contributed by atoms with van der Waals surface area (Å²) in [5, 5.41) is 3.32. The second-order valence-electron chi connectivity index (χ2n) is 6.53. The summed E-state index contributed by atoms with van der Waals surface area (Å²) < 4.78 is 33.1. The molecule has 3 rings (SSSR count). The van der Waals surface area contributed by atoms with Crippen molar-refractivity contribution in [1.29, 1.82) is 0 Å². The lowest BCUT2D eigenvalue weighted by molar-refractivity contribution is 0.271. The van der Waals surface area contributed by atoms with Gasteiger partial charge in [-0.15, -0.1) is 12.4 Å². The van der Waals surface area contributed by atoms with E-state index in [-0.39, 0.29) is 24.2 Å². The first-order chi connectivity index (χ1) is 12.5. The van der Waals surface area contributed by atoms with Gasteiger partial charge in [0.05, 0.1) is 18.9 Å². The summed E-state index contributed by atoms with van der Waals surface area (Å²) >= 11 is 0. The van der Waals surface area contributed by atoms with Gasteiger partial charge in [-0.1, -0.05) is 43.3 Å². The molecule has 1 saturated heterocycles. The number of nitrogens with zero attached hydrogens (tertiary/aromatic N) is 1. The van der Waals surface area contributed by atoms with Crippen LogP contribution in [-0.4, -0.2) is 39.5 Å². The van der Waals surface area contributed by atoms with E-state index in [1.54, 1.807) is 17.5 Å². The number of nitrogens with one attached hydrogen (secondary N) is 1. The summed E-state index contributed by atoms with van der Waals surface area (Å²) in [4.78, 5) is 0. The molecular weight excluding hydrogens is 384 g/mol. The highest BCUT2D eigenvalue weighted by atomic mass is 35.5. The van der Waals surface area contributed by atoms with E-state index < -0.39 is 10.0 Å². The van der Waals surface area contributed by atoms with Crippen molar-refractivity contribution >= 4 is 22.4 Å². The highest BCUT2D eigenvalue weighted by Gasteiger charge is 2.33. The fourth-order valence-corrected chi connectivity index (χ4v) is 5.05. The first-order valence-electron chi connectivity index (χ1n) is 8.95. The van der Waals surface area contributed by atoms with E-state index in [1.165, 1.54) is 5.56 Å². The second kappa shape index (κ2) is 9.55. The largest absolute Gasteiger partial charge is 0.497 e. The Morgan fingerprint density at radius 3 is 2.56 bits per heavy atom. The minimum atomic E-state index is -3.44. The molecule has 0 spiro atoms. The lowest BCUT2D eigenvalue weighted by Gasteiger charge is -2.35. The number of benzene rings is 2. The third-order valence-electron chi connectivity index (χ3n) is 4.81. The summed E-state index contributed by atoms with van der Waals surface area (Å²) in [5.41, 5.74) is 3.02. The summed E-state index contributed by atoms with van der Waals surface area (Å²) in [5.74, 6) is 0.651. The molecule has 0 aromatic heterocycles. The van der Waals surface area contributed by atoms with Crippen molar-refractivity contribution in [3.63, 3.8) is 0 Å². The average molecular weight is 411 g/mol. The average Bonchev–Trinajstić information content (AvgIpc) is 2.68. The number of methoxy groups -OCH3 is 1. The molecule has 0 amide bonds. The van der Waals surface area contributed by atoms with Gasteiger partial charge in [0.25, 0.3) is 0 Å². The second-order valence-corrected chi connectivity index (χ2v) is 8.46. The van der Waals surface area contributed by atoms with Crippen LogP contribution in [0.2, 0.25) is 0 Å². The molecule has 1 fully saturated rings. The summed E-state index contributed by atoms with van der Waals surface area (Å²) in [6.07, 6.45) is 0.973. The van der Waals surface area contributed by atoms with Gasteiger partial charge in [-0.05, 0) is 35.2 Å². The molecule has 0 saturated carbocycles. The number of sulfonamides is 1. The Labute approximate surface area is 168 Å². The van der Waals surface area contributed by atoms with Crippen molar-refractivity contribution in [2.24, 2.45) is 0 Å². The molecule has 1 unspecified atom stereocenters. The van der Waals surface area contributed by atoms with E-state index in [1.807, 2.05) is 30.3 Å². The summed E-state index contributed by atoms with van der Waals surface area (Å²) in [7, 11) is -1.85. The maximum atomic E-state index is 13.1. The zero-order chi connectivity index (χ0) is 18.6. The normalized spacial score (nSPS) is 17.9. The zero-order valence-electron chi connectivity index (χ0n) is 15.7. The molecule has 27 heavy (non-hydrogen) atoms. The van der Waals surface area contributed by atoms with Crippen molar-refractivity contribution in [2.75, 3.05) is 26.7 Å². The van der Waals surface area contributed by atoms with Crippen molar-refractivity contribution in [2.45, 2.75) is 25.1 Å². The van der Waals surface area contributed by atoms with Crippen LogP contribution in [0.5, 0.6) is 5.75 Å². The van der Waals surface area contributed by atoms with E-state index in [2.05, 4.69) is 24.4 Å². The van der Waals surface area contributed by atoms with Crippen molar-refractivity contribution < 1.29 is 13.2 Å². The first-order valence-corrected chi connectivity index (χ1v) is 10.6. The van der Waals surface area contributed by atoms with Gasteiger partial charge < -0.3 is 10.1 Å². The van der Waals surface area contributed by atoms with Gasteiger partial charge in [0.1, 0.15) is 5.75 Å². The fraction of sp³-hybridized carbons (Fsp3) is 0.400. The molecule has 1 N–H and O–H groups in total. The van der Waals surface area contributed by atoms with Crippen LogP contribution in [0.25, 0.3) is 0 Å². The summed E-state index contributed by atoms with van der Waals surface area (Å²) in [6.45, 7) is 3.89. The van der Waals surface area contributed by atoms with Gasteiger partial charge in [0.2, 0.25) is 10.0 Å². The van der Waals surface area contributed by atoms with Crippen LogP contribution in [0.15, 0.2) is 48.5 Å². The van der Waals surface area contributed by atoms with Gasteiger partial charge >= 0.3 is 0 Å². The Morgan fingerprint density at radius 2 is 1.89 bits per heavy atom. The SMILES string of the molecule is CCc1ccc(C2CNCCN2S(=O)(=O)Cc2cccc(OC)c2)cc1.Cl. The molecule has 0 bridgehead atoms. The highest BCUT2D eigenvalue weighted by molar-refractivity contribution is 7.88. The van der Waals surface area contributed by atoms with Crippen LogP contribution >= 0.6 is 12.4 Å². The molecule has 1 aliphatic heterocycles. The minimum absolute atomic E-state index is 0. The Morgan fingerprint density at radius 1 is 1.15 bits per heavy atom. The highest BCUT2D eigenvalue weighted by Crippen LogP contribution is 2.28. The molecule has 7 heteroatoms. The number of hydrogen-bond donors (Lipinski definition) is 1. The predicted molar refractivity (Wildman–Crippen MR) is 111 cm³/mol. The molecule has 1 atom stereocenters. The quantitative estimate of drug-likeness (QED) is 0.794. The number of rotatable bonds is 6. The van der Waals surface area contributed by atoms with Crippen LogP contribution in [0, 0.1) is 0 Å². The number of hydrogen-bond acceptors (Lipinski definition) is 4. The van der Waals surface area contributed by atoms with Crippen LogP contribution < -0.4 is 10.1 Å². The van der Waals surface area contributed by atoms with E-state index in [4.69, 9.17) is 4.74 Å². The van der Waals surface area contributed by atoms with Gasteiger partial charge in [-0.25, -0.2) is 8.42 Å². The molecule has 1 heterocycles. The Bertz CT molecular complexity index is 841. The molecule has 2 aromatic rings. The predicted octanol–water partition coefficient (Wildman–Crippen LogP) is 3.16. The van der Waals surface area contributed by atoms with Crippen LogP contribution in [0.1, 0.15) is 29.7 Å². The van der Waals surface area contributed by atoms with E-state index in [9.17, 15) is 8.42 Å². The maximum Gasteiger partial charge on any atom is 0.218 e. The minimum Gasteiger partial charge on any atom is -0.497 e. The monoisotopic (exact) mass is 410 g/mol. The van der Waals surface area contributed by atoms with Crippen LogP contribution in [-0.2, 0) is 22.2 Å². The molecule has 148 valence electrons. The molecule has 2 aromatic carbocycles. The van der Waals surface area contributed by atoms with Gasteiger partial charge in [-0.3, -0.25) is 0 Å². The third kappa shape index (κ3) is 5.23. The fourth-order valence-electron chi connectivity index (χ4n) is 3.33.